The highest BCUT2D eigenvalue weighted by Gasteiger charge is 2.33. The van der Waals surface area contributed by atoms with Gasteiger partial charge in [0.2, 0.25) is 5.91 Å². The molecule has 1 saturated heterocycles. The Balaban J connectivity index is 2.24. The van der Waals surface area contributed by atoms with E-state index in [4.69, 9.17) is 10.8 Å². The van der Waals surface area contributed by atoms with Crippen molar-refractivity contribution in [2.24, 2.45) is 0 Å². The van der Waals surface area contributed by atoms with E-state index >= 15 is 0 Å². The topological polar surface area (TPSA) is 113 Å². The van der Waals surface area contributed by atoms with E-state index in [1.165, 1.54) is 0 Å². The van der Waals surface area contributed by atoms with Crippen LogP contribution >= 0.6 is 0 Å². The first-order chi connectivity index (χ1) is 8.40. The molecule has 7 nitrogen and oxygen atoms in total. The van der Waals surface area contributed by atoms with E-state index in [1.54, 1.807) is 18.2 Å². The molecule has 1 fully saturated rings. The summed E-state index contributed by atoms with van der Waals surface area (Å²) >= 11 is 0. The zero-order chi connectivity index (χ0) is 13.3. The highest BCUT2D eigenvalue weighted by molar-refractivity contribution is 7.88. The fraction of sp³-hybridized carbons (Fsp3) is 0.300. The Morgan fingerprint density at radius 1 is 1.33 bits per heavy atom. The summed E-state index contributed by atoms with van der Waals surface area (Å²) in [5, 5.41) is 9.04. The molecular weight excluding hydrogens is 258 g/mol. The average molecular weight is 271 g/mol. The van der Waals surface area contributed by atoms with Gasteiger partial charge in [0.05, 0.1) is 13.2 Å². The molecule has 0 unspecified atom stereocenters. The van der Waals surface area contributed by atoms with Gasteiger partial charge in [-0.3, -0.25) is 4.79 Å². The average Bonchev–Trinajstić information content (AvgIpc) is 2.50. The Morgan fingerprint density at radius 2 is 2.00 bits per heavy atom. The number of benzene rings is 1. The molecule has 1 aromatic carbocycles. The van der Waals surface area contributed by atoms with Gasteiger partial charge in [-0.25, -0.2) is 4.72 Å². The minimum absolute atomic E-state index is 0.0408. The number of nitrogens with one attached hydrogen (secondary N) is 1. The molecule has 1 heterocycles. The zero-order valence-electron chi connectivity index (χ0n) is 9.46. The van der Waals surface area contributed by atoms with Crippen molar-refractivity contribution in [1.29, 1.82) is 0 Å². The molecule has 1 aliphatic rings. The van der Waals surface area contributed by atoms with Gasteiger partial charge in [0.15, 0.2) is 0 Å². The third-order valence-electron chi connectivity index (χ3n) is 2.52. The molecule has 0 aliphatic carbocycles. The van der Waals surface area contributed by atoms with Gasteiger partial charge in [0.25, 0.3) is 0 Å². The number of carbonyl (C=O) groups excluding carboxylic acids is 1. The van der Waals surface area contributed by atoms with E-state index in [1.807, 2.05) is 4.72 Å². The number of hydrogen-bond donors (Lipinski definition) is 3. The number of anilines is 1. The van der Waals surface area contributed by atoms with Crippen molar-refractivity contribution >= 4 is 21.8 Å². The Labute approximate surface area is 104 Å². The summed E-state index contributed by atoms with van der Waals surface area (Å²) in [4.78, 5) is 11.1. The second-order valence-corrected chi connectivity index (χ2v) is 5.71. The van der Waals surface area contributed by atoms with Crippen LogP contribution in [0.25, 0.3) is 0 Å². The fourth-order valence-electron chi connectivity index (χ4n) is 1.80. The summed E-state index contributed by atoms with van der Waals surface area (Å²) < 4.78 is 26.0. The van der Waals surface area contributed by atoms with Crippen molar-refractivity contribution < 1.29 is 18.3 Å². The number of aliphatic hydroxyl groups is 1. The molecule has 1 aliphatic heterocycles. The van der Waals surface area contributed by atoms with Gasteiger partial charge < -0.3 is 10.8 Å². The Hall–Kier alpha value is -1.64. The minimum Gasteiger partial charge on any atom is -0.399 e. The van der Waals surface area contributed by atoms with Crippen molar-refractivity contribution in [2.75, 3.05) is 12.3 Å². The highest BCUT2D eigenvalue weighted by atomic mass is 32.2. The normalized spacial score (nSPS) is 18.8. The van der Waals surface area contributed by atoms with E-state index < -0.39 is 16.1 Å². The highest BCUT2D eigenvalue weighted by Crippen LogP contribution is 2.17. The molecule has 4 N–H and O–H groups in total. The van der Waals surface area contributed by atoms with E-state index in [-0.39, 0.29) is 19.7 Å². The summed E-state index contributed by atoms with van der Waals surface area (Å²) in [6.07, 6.45) is 0. The van der Waals surface area contributed by atoms with Crippen LogP contribution in [0.2, 0.25) is 0 Å². The molecule has 0 atom stereocenters. The van der Waals surface area contributed by atoms with Gasteiger partial charge >= 0.3 is 10.2 Å². The molecule has 8 heteroatoms. The van der Waals surface area contributed by atoms with E-state index in [0.717, 1.165) is 4.31 Å². The second-order valence-electron chi connectivity index (χ2n) is 4.04. The van der Waals surface area contributed by atoms with Crippen LogP contribution in [-0.4, -0.2) is 30.3 Å². The lowest BCUT2D eigenvalue weighted by molar-refractivity contribution is -0.118. The standard InChI is InChI=1S/C10H13N3O4S/c11-9-2-7(1-8(3-9)6-14)4-13-5-10(15)12-18(13,16)17/h1-3,14H,4-6,11H2,(H,12,15). The van der Waals surface area contributed by atoms with Gasteiger partial charge in [-0.1, -0.05) is 6.07 Å². The summed E-state index contributed by atoms with van der Waals surface area (Å²) in [6.45, 7) is -0.341. The van der Waals surface area contributed by atoms with Crippen LogP contribution < -0.4 is 10.5 Å². The molecule has 1 amide bonds. The van der Waals surface area contributed by atoms with Gasteiger partial charge in [-0.2, -0.15) is 12.7 Å². The predicted molar refractivity (Wildman–Crippen MR) is 64.2 cm³/mol. The summed E-state index contributed by atoms with van der Waals surface area (Å²) in [5.41, 5.74) is 7.30. The minimum atomic E-state index is -3.74. The van der Waals surface area contributed by atoms with Crippen LogP contribution in [-0.2, 0) is 28.2 Å². The monoisotopic (exact) mass is 271 g/mol. The lowest BCUT2D eigenvalue weighted by Gasteiger charge is -2.13. The first kappa shape index (κ1) is 12.8. The smallest absolute Gasteiger partial charge is 0.304 e. The summed E-state index contributed by atoms with van der Waals surface area (Å²) in [6, 6.07) is 4.86. The lowest BCUT2D eigenvalue weighted by Crippen LogP contribution is -2.29. The molecule has 0 bridgehead atoms. The van der Waals surface area contributed by atoms with Crippen LogP contribution in [0, 0.1) is 0 Å². The quantitative estimate of drug-likeness (QED) is 0.606. The van der Waals surface area contributed by atoms with Crippen molar-refractivity contribution in [3.63, 3.8) is 0 Å². The SMILES string of the molecule is Nc1cc(CO)cc(CN2CC(=O)NS2(=O)=O)c1. The second kappa shape index (κ2) is 4.56. The lowest BCUT2D eigenvalue weighted by atomic mass is 10.1. The number of carbonyl (C=O) groups is 1. The van der Waals surface area contributed by atoms with Crippen LogP contribution in [0.3, 0.4) is 0 Å². The Bertz CT molecular complexity index is 585. The molecule has 18 heavy (non-hydrogen) atoms. The van der Waals surface area contributed by atoms with Gasteiger partial charge in [0.1, 0.15) is 0 Å². The summed E-state index contributed by atoms with van der Waals surface area (Å²) in [5.74, 6) is -0.554. The zero-order valence-corrected chi connectivity index (χ0v) is 10.3. The number of rotatable bonds is 3. The number of hydrogen-bond acceptors (Lipinski definition) is 5. The van der Waals surface area contributed by atoms with E-state index in [0.29, 0.717) is 16.8 Å². The maximum atomic E-state index is 11.5. The molecule has 0 aromatic heterocycles. The maximum Gasteiger partial charge on any atom is 0.304 e. The van der Waals surface area contributed by atoms with Crippen LogP contribution in [0.4, 0.5) is 5.69 Å². The number of amides is 1. The number of nitrogen functional groups attached to an aromatic ring is 1. The molecule has 0 radical (unpaired) electrons. The third-order valence-corrected chi connectivity index (χ3v) is 3.94. The first-order valence-corrected chi connectivity index (χ1v) is 6.64. The number of aliphatic hydroxyl groups excluding tert-OH is 1. The van der Waals surface area contributed by atoms with Crippen LogP contribution in [0.15, 0.2) is 18.2 Å². The molecular formula is C10H13N3O4S. The van der Waals surface area contributed by atoms with Gasteiger partial charge in [-0.15, -0.1) is 0 Å². The molecule has 2 rings (SSSR count). The number of nitrogens with zero attached hydrogens (tertiary/aromatic N) is 1. The Morgan fingerprint density at radius 3 is 2.56 bits per heavy atom. The van der Waals surface area contributed by atoms with Crippen LogP contribution in [0.1, 0.15) is 11.1 Å². The maximum absolute atomic E-state index is 11.5. The largest absolute Gasteiger partial charge is 0.399 e. The van der Waals surface area contributed by atoms with Crippen molar-refractivity contribution in [2.45, 2.75) is 13.2 Å². The fourth-order valence-corrected chi connectivity index (χ4v) is 2.89. The Kier molecular flexibility index (Phi) is 3.24. The van der Waals surface area contributed by atoms with E-state index in [9.17, 15) is 13.2 Å². The number of nitrogens with two attached hydrogens (primary N) is 1. The van der Waals surface area contributed by atoms with Crippen molar-refractivity contribution in [3.8, 4) is 0 Å². The molecule has 98 valence electrons. The molecule has 0 saturated carbocycles. The molecule has 1 aromatic rings. The molecule has 0 spiro atoms. The third kappa shape index (κ3) is 2.61. The van der Waals surface area contributed by atoms with Crippen molar-refractivity contribution in [1.82, 2.24) is 9.03 Å². The first-order valence-electron chi connectivity index (χ1n) is 5.20. The van der Waals surface area contributed by atoms with Crippen molar-refractivity contribution in [3.05, 3.63) is 29.3 Å². The van der Waals surface area contributed by atoms with E-state index in [2.05, 4.69) is 0 Å². The summed E-state index contributed by atoms with van der Waals surface area (Å²) in [7, 11) is -3.74. The van der Waals surface area contributed by atoms with Gasteiger partial charge in [0, 0.05) is 12.2 Å². The van der Waals surface area contributed by atoms with Crippen LogP contribution in [0.5, 0.6) is 0 Å². The van der Waals surface area contributed by atoms with Gasteiger partial charge in [-0.05, 0) is 23.3 Å². The predicted octanol–water partition coefficient (Wildman–Crippen LogP) is -1.06.